The van der Waals surface area contributed by atoms with Crippen molar-refractivity contribution < 1.29 is 4.74 Å². The first-order valence-corrected chi connectivity index (χ1v) is 6.29. The Morgan fingerprint density at radius 1 is 1.42 bits per heavy atom. The van der Waals surface area contributed by atoms with Crippen LogP contribution in [0.3, 0.4) is 0 Å². The van der Waals surface area contributed by atoms with Crippen LogP contribution >= 0.6 is 0 Å². The van der Waals surface area contributed by atoms with Crippen LogP contribution in [0.4, 0.5) is 5.69 Å². The smallest absolute Gasteiger partial charge is 0.153 e. The van der Waals surface area contributed by atoms with Crippen molar-refractivity contribution in [1.29, 1.82) is 0 Å². The predicted molar refractivity (Wildman–Crippen MR) is 73.4 cm³/mol. The number of anilines is 1. The second-order valence-corrected chi connectivity index (χ2v) is 4.63. The monoisotopic (exact) mass is 261 g/mol. The van der Waals surface area contributed by atoms with Crippen molar-refractivity contribution in [2.75, 3.05) is 25.6 Å². The van der Waals surface area contributed by atoms with Crippen LogP contribution in [0.15, 0.2) is 24.3 Å². The van der Waals surface area contributed by atoms with Crippen molar-refractivity contribution in [3.8, 4) is 5.69 Å². The Hall–Kier alpha value is -1.95. The van der Waals surface area contributed by atoms with E-state index in [1.165, 1.54) is 0 Å². The Labute approximate surface area is 112 Å². The lowest BCUT2D eigenvalue weighted by atomic mass is 10.2. The van der Waals surface area contributed by atoms with Gasteiger partial charge in [0.05, 0.1) is 12.3 Å². The highest BCUT2D eigenvalue weighted by Crippen LogP contribution is 2.15. The van der Waals surface area contributed by atoms with Crippen LogP contribution in [0.2, 0.25) is 0 Å². The number of benzene rings is 1. The van der Waals surface area contributed by atoms with E-state index in [4.69, 9.17) is 4.74 Å². The average molecular weight is 261 g/mol. The Balaban J connectivity index is 2.06. The van der Waals surface area contributed by atoms with Gasteiger partial charge < -0.3 is 10.1 Å². The fourth-order valence-corrected chi connectivity index (χ4v) is 1.85. The summed E-state index contributed by atoms with van der Waals surface area (Å²) in [6, 6.07) is 8.03. The molecule has 0 radical (unpaired) electrons. The second kappa shape index (κ2) is 6.29. The minimum atomic E-state index is 0.462. The van der Waals surface area contributed by atoms with E-state index in [9.17, 15) is 0 Å². The molecule has 1 aromatic heterocycles. The number of ether oxygens (including phenoxy) is 1. The van der Waals surface area contributed by atoms with Crippen molar-refractivity contribution >= 4 is 5.69 Å². The van der Waals surface area contributed by atoms with Gasteiger partial charge in [0.15, 0.2) is 5.82 Å². The Kier molecular flexibility index (Phi) is 4.46. The molecule has 0 amide bonds. The molecule has 1 aromatic carbocycles. The molecule has 2 rings (SSSR count). The zero-order chi connectivity index (χ0) is 13.7. The molecular formula is C13H19N5O. The van der Waals surface area contributed by atoms with Crippen LogP contribution in [-0.2, 0) is 4.74 Å². The average Bonchev–Trinajstić information content (AvgIpc) is 2.83. The van der Waals surface area contributed by atoms with E-state index in [0.717, 1.165) is 30.4 Å². The van der Waals surface area contributed by atoms with Gasteiger partial charge in [-0.1, -0.05) is 13.0 Å². The molecule has 1 atom stereocenters. The maximum atomic E-state index is 5.12. The van der Waals surface area contributed by atoms with Gasteiger partial charge in [0.1, 0.15) is 0 Å². The van der Waals surface area contributed by atoms with Crippen molar-refractivity contribution in [1.82, 2.24) is 20.2 Å². The second-order valence-electron chi connectivity index (χ2n) is 4.63. The normalized spacial score (nSPS) is 12.4. The molecule has 2 aromatic rings. The maximum Gasteiger partial charge on any atom is 0.153 e. The minimum absolute atomic E-state index is 0.462. The first-order valence-electron chi connectivity index (χ1n) is 6.29. The van der Waals surface area contributed by atoms with Crippen molar-refractivity contribution in [2.24, 2.45) is 5.92 Å². The van der Waals surface area contributed by atoms with Crippen molar-refractivity contribution in [3.05, 3.63) is 30.1 Å². The van der Waals surface area contributed by atoms with Gasteiger partial charge in [-0.05, 0) is 41.5 Å². The molecule has 6 heteroatoms. The molecule has 0 spiro atoms. The molecule has 0 fully saturated rings. The third-order valence-electron chi connectivity index (χ3n) is 2.82. The van der Waals surface area contributed by atoms with Crippen LogP contribution in [-0.4, -0.2) is 40.5 Å². The molecular weight excluding hydrogens is 242 g/mol. The lowest BCUT2D eigenvalue weighted by molar-refractivity contribution is 0.164. The van der Waals surface area contributed by atoms with Gasteiger partial charge in [-0.3, -0.25) is 0 Å². The molecule has 0 aliphatic rings. The Morgan fingerprint density at radius 2 is 2.26 bits per heavy atom. The maximum absolute atomic E-state index is 5.12. The van der Waals surface area contributed by atoms with E-state index >= 15 is 0 Å². The van der Waals surface area contributed by atoms with E-state index in [-0.39, 0.29) is 0 Å². The molecule has 0 saturated carbocycles. The van der Waals surface area contributed by atoms with Crippen LogP contribution in [0.25, 0.3) is 5.69 Å². The highest BCUT2D eigenvalue weighted by Gasteiger charge is 2.05. The Morgan fingerprint density at radius 3 is 2.95 bits per heavy atom. The highest BCUT2D eigenvalue weighted by molar-refractivity contribution is 5.50. The number of nitrogens with one attached hydrogen (secondary N) is 1. The lowest BCUT2D eigenvalue weighted by Gasteiger charge is -2.13. The highest BCUT2D eigenvalue weighted by atomic mass is 16.5. The fourth-order valence-electron chi connectivity index (χ4n) is 1.85. The van der Waals surface area contributed by atoms with Crippen LogP contribution in [0.5, 0.6) is 0 Å². The molecule has 0 aliphatic heterocycles. The zero-order valence-electron chi connectivity index (χ0n) is 11.5. The number of methoxy groups -OCH3 is 1. The van der Waals surface area contributed by atoms with Crippen LogP contribution in [0.1, 0.15) is 12.7 Å². The predicted octanol–water partition coefficient (Wildman–Crippen LogP) is 1.67. The molecule has 0 aliphatic carbocycles. The van der Waals surface area contributed by atoms with E-state index in [1.807, 2.05) is 31.2 Å². The molecule has 1 unspecified atom stereocenters. The summed E-state index contributed by atoms with van der Waals surface area (Å²) in [5.74, 6) is 1.23. The van der Waals surface area contributed by atoms with Gasteiger partial charge in [0.25, 0.3) is 0 Å². The van der Waals surface area contributed by atoms with Crippen LogP contribution < -0.4 is 5.32 Å². The quantitative estimate of drug-likeness (QED) is 0.856. The van der Waals surface area contributed by atoms with Crippen molar-refractivity contribution in [2.45, 2.75) is 13.8 Å². The summed E-state index contributed by atoms with van der Waals surface area (Å²) < 4.78 is 6.83. The summed E-state index contributed by atoms with van der Waals surface area (Å²) in [5.41, 5.74) is 2.00. The van der Waals surface area contributed by atoms with E-state index in [1.54, 1.807) is 11.8 Å². The van der Waals surface area contributed by atoms with Crippen molar-refractivity contribution in [3.63, 3.8) is 0 Å². The summed E-state index contributed by atoms with van der Waals surface area (Å²) in [7, 11) is 1.72. The summed E-state index contributed by atoms with van der Waals surface area (Å²) in [6.07, 6.45) is 0. The number of hydrogen-bond donors (Lipinski definition) is 1. The lowest BCUT2D eigenvalue weighted by Crippen LogP contribution is -2.15. The molecule has 6 nitrogen and oxygen atoms in total. The summed E-state index contributed by atoms with van der Waals surface area (Å²) in [4.78, 5) is 0. The largest absolute Gasteiger partial charge is 0.385 e. The number of rotatable bonds is 6. The first-order chi connectivity index (χ1) is 9.20. The SMILES string of the molecule is COCC(C)CNc1cccc(-n2nnnc2C)c1. The summed E-state index contributed by atoms with van der Waals surface area (Å²) >= 11 is 0. The molecule has 1 heterocycles. The number of nitrogens with zero attached hydrogens (tertiary/aromatic N) is 4. The molecule has 1 N–H and O–H groups in total. The number of aryl methyl sites for hydroxylation is 1. The topological polar surface area (TPSA) is 64.9 Å². The zero-order valence-corrected chi connectivity index (χ0v) is 11.5. The number of tetrazole rings is 1. The molecule has 19 heavy (non-hydrogen) atoms. The minimum Gasteiger partial charge on any atom is -0.385 e. The van der Waals surface area contributed by atoms with Gasteiger partial charge in [0.2, 0.25) is 0 Å². The summed E-state index contributed by atoms with van der Waals surface area (Å²) in [6.45, 7) is 5.64. The standard InChI is InChI=1S/C13H19N5O/c1-10(9-19-3)8-14-12-5-4-6-13(7-12)18-11(2)15-16-17-18/h4-7,10,14H,8-9H2,1-3H3. The van der Waals surface area contributed by atoms with Crippen LogP contribution in [0, 0.1) is 12.8 Å². The third-order valence-corrected chi connectivity index (χ3v) is 2.82. The summed E-state index contributed by atoms with van der Waals surface area (Å²) in [5, 5.41) is 14.9. The van der Waals surface area contributed by atoms with E-state index in [0.29, 0.717) is 5.92 Å². The molecule has 0 saturated heterocycles. The number of aromatic nitrogens is 4. The van der Waals surface area contributed by atoms with Gasteiger partial charge in [-0.15, -0.1) is 5.10 Å². The van der Waals surface area contributed by atoms with E-state index < -0.39 is 0 Å². The Bertz CT molecular complexity index is 525. The van der Waals surface area contributed by atoms with Gasteiger partial charge in [-0.2, -0.15) is 4.68 Å². The van der Waals surface area contributed by atoms with Gasteiger partial charge in [-0.25, -0.2) is 0 Å². The van der Waals surface area contributed by atoms with Gasteiger partial charge in [0, 0.05) is 19.3 Å². The van der Waals surface area contributed by atoms with Gasteiger partial charge >= 0.3 is 0 Å². The fraction of sp³-hybridized carbons (Fsp3) is 0.462. The van der Waals surface area contributed by atoms with E-state index in [2.05, 4.69) is 27.8 Å². The first kappa shape index (κ1) is 13.5. The molecule has 0 bridgehead atoms. The third kappa shape index (κ3) is 3.51. The molecule has 102 valence electrons. The number of hydrogen-bond acceptors (Lipinski definition) is 5.